The molecule has 0 fully saturated rings. The largest absolute Gasteiger partial charge is 0.352 e. The Morgan fingerprint density at radius 2 is 1.78 bits per heavy atom. The van der Waals surface area contributed by atoms with Gasteiger partial charge in [-0.1, -0.05) is 85.8 Å². The molecule has 0 saturated carbocycles. The van der Waals surface area contributed by atoms with Crippen molar-refractivity contribution in [1.82, 2.24) is 10.2 Å². The fourth-order valence-electron chi connectivity index (χ4n) is 4.45. The summed E-state index contributed by atoms with van der Waals surface area (Å²) in [5.74, 6) is -0.166. The highest BCUT2D eigenvalue weighted by Crippen LogP contribution is 2.43. The van der Waals surface area contributed by atoms with Crippen molar-refractivity contribution in [1.29, 1.82) is 0 Å². The van der Waals surface area contributed by atoms with Gasteiger partial charge in [0.15, 0.2) is 0 Å². The predicted octanol–water partition coefficient (Wildman–Crippen LogP) is 6.14. The fraction of sp³-hybridized carbons (Fsp3) is 0.290. The van der Waals surface area contributed by atoms with E-state index in [1.54, 1.807) is 4.90 Å². The molecule has 1 heterocycles. The summed E-state index contributed by atoms with van der Waals surface area (Å²) in [7, 11) is 0. The standard InChI is InChI=1S/C31H35N3O2S/c1-4-33(5-2)18-10-17-32-30(35)26-15-16-28-27(21-26)34(22-25-14-9-11-23(3)19-25)31(36)29(37-28)20-24-12-7-6-8-13-24/h6-9,11-16,19-21H,4-5,10,17-18,22H2,1-3H3,(H,32,35)/b29-20-. The summed E-state index contributed by atoms with van der Waals surface area (Å²) in [6.45, 7) is 10.4. The zero-order chi connectivity index (χ0) is 26.2. The summed E-state index contributed by atoms with van der Waals surface area (Å²) in [5, 5.41) is 3.05. The van der Waals surface area contributed by atoms with Crippen molar-refractivity contribution in [2.75, 3.05) is 31.1 Å². The monoisotopic (exact) mass is 513 g/mol. The number of nitrogens with one attached hydrogen (secondary N) is 1. The van der Waals surface area contributed by atoms with Crippen LogP contribution in [0.4, 0.5) is 5.69 Å². The lowest BCUT2D eigenvalue weighted by atomic mass is 10.1. The van der Waals surface area contributed by atoms with Gasteiger partial charge in [0, 0.05) is 17.0 Å². The molecule has 0 spiro atoms. The second-order valence-electron chi connectivity index (χ2n) is 9.22. The zero-order valence-corrected chi connectivity index (χ0v) is 22.7. The maximum atomic E-state index is 13.7. The highest BCUT2D eigenvalue weighted by atomic mass is 32.2. The maximum absolute atomic E-state index is 13.7. The van der Waals surface area contributed by atoms with Gasteiger partial charge >= 0.3 is 0 Å². The minimum absolute atomic E-state index is 0.0559. The molecule has 0 atom stereocenters. The molecule has 0 aromatic heterocycles. The average Bonchev–Trinajstić information content (AvgIpc) is 2.91. The molecule has 3 aromatic rings. The molecule has 5 nitrogen and oxygen atoms in total. The van der Waals surface area contributed by atoms with E-state index in [0.29, 0.717) is 23.6 Å². The quantitative estimate of drug-likeness (QED) is 0.261. The van der Waals surface area contributed by atoms with Crippen LogP contribution in [-0.2, 0) is 11.3 Å². The summed E-state index contributed by atoms with van der Waals surface area (Å²) >= 11 is 1.46. The highest BCUT2D eigenvalue weighted by Gasteiger charge is 2.30. The van der Waals surface area contributed by atoms with Crippen LogP contribution in [0.5, 0.6) is 0 Å². The molecular weight excluding hydrogens is 478 g/mol. The molecule has 192 valence electrons. The van der Waals surface area contributed by atoms with Crippen molar-refractivity contribution in [3.8, 4) is 0 Å². The molecule has 0 saturated heterocycles. The number of nitrogens with zero attached hydrogens (tertiary/aromatic N) is 2. The maximum Gasteiger partial charge on any atom is 0.265 e. The minimum atomic E-state index is -0.110. The van der Waals surface area contributed by atoms with E-state index in [1.807, 2.05) is 66.7 Å². The molecule has 1 N–H and O–H groups in total. The SMILES string of the molecule is CCN(CC)CCCNC(=O)c1ccc2c(c1)N(Cc1cccc(C)c1)C(=O)/C(=C/c1ccccc1)S2. The van der Waals surface area contributed by atoms with Gasteiger partial charge in [0.2, 0.25) is 0 Å². The lowest BCUT2D eigenvalue weighted by Gasteiger charge is -2.31. The summed E-state index contributed by atoms with van der Waals surface area (Å²) in [6, 6.07) is 23.8. The lowest BCUT2D eigenvalue weighted by molar-refractivity contribution is -0.114. The molecule has 0 aliphatic carbocycles. The van der Waals surface area contributed by atoms with Crippen LogP contribution >= 0.6 is 11.8 Å². The Morgan fingerprint density at radius 3 is 2.51 bits per heavy atom. The normalized spacial score (nSPS) is 14.2. The third-order valence-electron chi connectivity index (χ3n) is 6.54. The van der Waals surface area contributed by atoms with Crippen molar-refractivity contribution < 1.29 is 9.59 Å². The van der Waals surface area contributed by atoms with E-state index in [0.717, 1.165) is 53.3 Å². The predicted molar refractivity (Wildman–Crippen MR) is 154 cm³/mol. The topological polar surface area (TPSA) is 52.7 Å². The molecule has 0 bridgehead atoms. The Balaban J connectivity index is 1.59. The van der Waals surface area contributed by atoms with E-state index in [1.165, 1.54) is 11.8 Å². The Morgan fingerprint density at radius 1 is 1.00 bits per heavy atom. The van der Waals surface area contributed by atoms with Gasteiger partial charge in [0.05, 0.1) is 17.1 Å². The summed E-state index contributed by atoms with van der Waals surface area (Å²) in [5.41, 5.74) is 4.53. The van der Waals surface area contributed by atoms with Crippen LogP contribution in [-0.4, -0.2) is 42.9 Å². The second-order valence-corrected chi connectivity index (χ2v) is 10.3. The van der Waals surface area contributed by atoms with Gasteiger partial charge < -0.3 is 15.1 Å². The second kappa shape index (κ2) is 12.7. The summed E-state index contributed by atoms with van der Waals surface area (Å²) < 4.78 is 0. The van der Waals surface area contributed by atoms with Gasteiger partial charge in [-0.25, -0.2) is 0 Å². The Kier molecular flexibility index (Phi) is 9.20. The van der Waals surface area contributed by atoms with Gasteiger partial charge in [-0.2, -0.15) is 0 Å². The number of amides is 2. The van der Waals surface area contributed by atoms with Crippen LogP contribution in [0.15, 0.2) is 82.6 Å². The number of fused-ring (bicyclic) bond motifs is 1. The van der Waals surface area contributed by atoms with Crippen LogP contribution in [0.2, 0.25) is 0 Å². The van der Waals surface area contributed by atoms with E-state index in [-0.39, 0.29) is 11.8 Å². The fourth-order valence-corrected chi connectivity index (χ4v) is 5.49. The van der Waals surface area contributed by atoms with E-state index >= 15 is 0 Å². The lowest BCUT2D eigenvalue weighted by Crippen LogP contribution is -2.34. The van der Waals surface area contributed by atoms with Crippen LogP contribution in [0, 0.1) is 6.92 Å². The van der Waals surface area contributed by atoms with Crippen LogP contribution in [0.3, 0.4) is 0 Å². The van der Waals surface area contributed by atoms with Gasteiger partial charge in [-0.3, -0.25) is 9.59 Å². The molecule has 1 aliphatic rings. The first-order valence-electron chi connectivity index (χ1n) is 12.9. The third-order valence-corrected chi connectivity index (χ3v) is 7.62. The number of carbonyl (C=O) groups is 2. The number of hydrogen-bond acceptors (Lipinski definition) is 4. The minimum Gasteiger partial charge on any atom is -0.352 e. The highest BCUT2D eigenvalue weighted by molar-refractivity contribution is 8.04. The van der Waals surface area contributed by atoms with Crippen molar-refractivity contribution in [3.05, 3.63) is 100.0 Å². The average molecular weight is 514 g/mol. The molecular formula is C31H35N3O2S. The van der Waals surface area contributed by atoms with E-state index in [4.69, 9.17) is 0 Å². The third kappa shape index (κ3) is 6.90. The van der Waals surface area contributed by atoms with Gasteiger partial charge in [-0.15, -0.1) is 0 Å². The van der Waals surface area contributed by atoms with E-state index in [2.05, 4.69) is 43.1 Å². The number of carbonyl (C=O) groups excluding carboxylic acids is 2. The number of thioether (sulfide) groups is 1. The first-order chi connectivity index (χ1) is 18.0. The van der Waals surface area contributed by atoms with Crippen molar-refractivity contribution in [3.63, 3.8) is 0 Å². The molecule has 37 heavy (non-hydrogen) atoms. The number of benzene rings is 3. The van der Waals surface area contributed by atoms with Crippen molar-refractivity contribution in [2.24, 2.45) is 0 Å². The van der Waals surface area contributed by atoms with E-state index < -0.39 is 0 Å². The number of anilines is 1. The number of aryl methyl sites for hydroxylation is 1. The molecule has 4 rings (SSSR count). The van der Waals surface area contributed by atoms with Crippen LogP contribution in [0.1, 0.15) is 47.3 Å². The number of rotatable bonds is 10. The van der Waals surface area contributed by atoms with E-state index in [9.17, 15) is 9.59 Å². The first-order valence-corrected chi connectivity index (χ1v) is 13.8. The summed E-state index contributed by atoms with van der Waals surface area (Å²) in [6.07, 6.45) is 2.84. The molecule has 0 unspecified atom stereocenters. The molecule has 1 aliphatic heterocycles. The van der Waals surface area contributed by atoms with Gasteiger partial charge in [0.25, 0.3) is 11.8 Å². The van der Waals surface area contributed by atoms with Crippen LogP contribution < -0.4 is 10.2 Å². The molecule has 0 radical (unpaired) electrons. The van der Waals surface area contributed by atoms with Crippen molar-refractivity contribution >= 4 is 35.3 Å². The Labute approximate surface area is 224 Å². The van der Waals surface area contributed by atoms with Crippen molar-refractivity contribution in [2.45, 2.75) is 38.6 Å². The van der Waals surface area contributed by atoms with Gasteiger partial charge in [0.1, 0.15) is 0 Å². The first kappa shape index (κ1) is 26.7. The zero-order valence-electron chi connectivity index (χ0n) is 21.9. The summed E-state index contributed by atoms with van der Waals surface area (Å²) in [4.78, 5) is 32.5. The molecule has 3 aromatic carbocycles. The van der Waals surface area contributed by atoms with Crippen LogP contribution in [0.25, 0.3) is 6.08 Å². The van der Waals surface area contributed by atoms with Gasteiger partial charge in [-0.05, 0) is 68.4 Å². The smallest absolute Gasteiger partial charge is 0.265 e. The Bertz CT molecular complexity index is 1270. The number of hydrogen-bond donors (Lipinski definition) is 1. The molecule has 6 heteroatoms. The molecule has 2 amide bonds. The Hall–Kier alpha value is -3.35.